The number of anilines is 1. The average molecular weight is 326 g/mol. The fraction of sp³-hybridized carbons (Fsp3) is 0.385. The molecule has 0 radical (unpaired) electrons. The summed E-state index contributed by atoms with van der Waals surface area (Å²) in [7, 11) is 1.63. The molecule has 0 aliphatic carbocycles. The predicted molar refractivity (Wildman–Crippen MR) is 76.5 cm³/mol. The Morgan fingerprint density at radius 2 is 2.21 bits per heavy atom. The molecule has 0 fully saturated rings. The number of nitrogens with two attached hydrogens (primary N) is 1. The molecular formula is C13H16BrN3O2. The highest BCUT2D eigenvalue weighted by molar-refractivity contribution is 9.10. The van der Waals surface area contributed by atoms with Gasteiger partial charge < -0.3 is 15.0 Å². The Morgan fingerprint density at radius 3 is 2.84 bits per heavy atom. The minimum absolute atomic E-state index is 0.394. The molecule has 1 heterocycles. The van der Waals surface area contributed by atoms with Crippen LogP contribution in [0.25, 0.3) is 11.5 Å². The van der Waals surface area contributed by atoms with E-state index in [-0.39, 0.29) is 0 Å². The summed E-state index contributed by atoms with van der Waals surface area (Å²) >= 11 is 3.38. The van der Waals surface area contributed by atoms with Gasteiger partial charge in [-0.3, -0.25) is 0 Å². The Hall–Kier alpha value is -1.40. The van der Waals surface area contributed by atoms with Crippen molar-refractivity contribution in [3.8, 4) is 11.5 Å². The number of ether oxygens (including phenoxy) is 1. The van der Waals surface area contributed by atoms with E-state index in [0.29, 0.717) is 23.0 Å². The van der Waals surface area contributed by atoms with Gasteiger partial charge in [-0.15, -0.1) is 0 Å². The monoisotopic (exact) mass is 325 g/mol. The Kier molecular flexibility index (Phi) is 3.91. The molecule has 5 nitrogen and oxygen atoms in total. The van der Waals surface area contributed by atoms with Gasteiger partial charge in [0.25, 0.3) is 5.89 Å². The molecule has 2 aromatic rings. The highest BCUT2D eigenvalue weighted by Crippen LogP contribution is 2.33. The zero-order chi connectivity index (χ0) is 14.0. The van der Waals surface area contributed by atoms with Gasteiger partial charge in [0.1, 0.15) is 5.60 Å². The maximum absolute atomic E-state index is 5.99. The molecule has 0 aliphatic rings. The molecule has 1 aromatic heterocycles. The molecule has 2 N–H and O–H groups in total. The van der Waals surface area contributed by atoms with Gasteiger partial charge in [0.2, 0.25) is 5.82 Å². The molecular weight excluding hydrogens is 310 g/mol. The first-order chi connectivity index (χ1) is 9.01. The van der Waals surface area contributed by atoms with Crippen molar-refractivity contribution >= 4 is 21.6 Å². The van der Waals surface area contributed by atoms with Crippen LogP contribution in [0.2, 0.25) is 0 Å². The van der Waals surface area contributed by atoms with Crippen molar-refractivity contribution < 1.29 is 9.26 Å². The first kappa shape index (κ1) is 14.0. The maximum atomic E-state index is 5.99. The fourth-order valence-corrected chi connectivity index (χ4v) is 2.03. The van der Waals surface area contributed by atoms with E-state index in [1.54, 1.807) is 7.11 Å². The molecule has 102 valence electrons. The van der Waals surface area contributed by atoms with Crippen molar-refractivity contribution in [1.29, 1.82) is 0 Å². The van der Waals surface area contributed by atoms with Crippen LogP contribution in [-0.4, -0.2) is 17.3 Å². The molecule has 6 heteroatoms. The number of benzene rings is 1. The SMILES string of the molecule is CCC(C)(OC)c1noc(-c2cccc(Br)c2N)n1. The average Bonchev–Trinajstić information content (AvgIpc) is 2.91. The minimum Gasteiger partial charge on any atom is -0.397 e. The van der Waals surface area contributed by atoms with Gasteiger partial charge in [-0.2, -0.15) is 4.98 Å². The molecule has 1 atom stereocenters. The van der Waals surface area contributed by atoms with Crippen molar-refractivity contribution in [3.05, 3.63) is 28.5 Å². The third-order valence-corrected chi connectivity index (χ3v) is 4.00. The van der Waals surface area contributed by atoms with E-state index in [9.17, 15) is 0 Å². The molecule has 1 aromatic carbocycles. The van der Waals surface area contributed by atoms with Crippen molar-refractivity contribution in [1.82, 2.24) is 10.1 Å². The smallest absolute Gasteiger partial charge is 0.260 e. The first-order valence-electron chi connectivity index (χ1n) is 5.95. The second-order valence-electron chi connectivity index (χ2n) is 4.41. The quantitative estimate of drug-likeness (QED) is 0.872. The molecule has 0 bridgehead atoms. The molecule has 0 amide bonds. The number of halogens is 1. The molecule has 0 saturated carbocycles. The van der Waals surface area contributed by atoms with E-state index in [2.05, 4.69) is 26.1 Å². The largest absolute Gasteiger partial charge is 0.397 e. The van der Waals surface area contributed by atoms with Gasteiger partial charge in [0.05, 0.1) is 11.3 Å². The highest BCUT2D eigenvalue weighted by atomic mass is 79.9. The molecule has 19 heavy (non-hydrogen) atoms. The topological polar surface area (TPSA) is 74.2 Å². The van der Waals surface area contributed by atoms with Gasteiger partial charge in [0, 0.05) is 11.6 Å². The van der Waals surface area contributed by atoms with Crippen molar-refractivity contribution in [2.45, 2.75) is 25.9 Å². The summed E-state index contributed by atoms with van der Waals surface area (Å²) < 4.78 is 11.5. The standard InChI is InChI=1S/C13H16BrN3O2/c1-4-13(2,18-3)12-16-11(19-17-12)8-6-5-7-9(14)10(8)15/h5-7H,4,15H2,1-3H3. The van der Waals surface area contributed by atoms with E-state index in [4.69, 9.17) is 15.0 Å². The summed E-state index contributed by atoms with van der Waals surface area (Å²) in [5.41, 5.74) is 6.73. The molecule has 1 unspecified atom stereocenters. The van der Waals surface area contributed by atoms with Crippen LogP contribution < -0.4 is 5.73 Å². The van der Waals surface area contributed by atoms with Crippen LogP contribution >= 0.6 is 15.9 Å². The Labute approximate surface area is 120 Å². The molecule has 0 spiro atoms. The number of nitrogens with zero attached hydrogens (tertiary/aromatic N) is 2. The number of methoxy groups -OCH3 is 1. The third-order valence-electron chi connectivity index (χ3n) is 3.31. The predicted octanol–water partition coefficient (Wildman–Crippen LogP) is 3.35. The van der Waals surface area contributed by atoms with Crippen LogP contribution in [0.4, 0.5) is 5.69 Å². The molecule has 0 aliphatic heterocycles. The van der Waals surface area contributed by atoms with Gasteiger partial charge in [-0.1, -0.05) is 18.1 Å². The lowest BCUT2D eigenvalue weighted by molar-refractivity contribution is -0.0106. The van der Waals surface area contributed by atoms with E-state index >= 15 is 0 Å². The molecule has 0 saturated heterocycles. The summed E-state index contributed by atoms with van der Waals surface area (Å²) in [6, 6.07) is 5.57. The molecule has 2 rings (SSSR count). The number of hydrogen-bond donors (Lipinski definition) is 1. The summed E-state index contributed by atoms with van der Waals surface area (Å²) in [5.74, 6) is 0.914. The van der Waals surface area contributed by atoms with Gasteiger partial charge in [-0.25, -0.2) is 0 Å². The zero-order valence-electron chi connectivity index (χ0n) is 11.1. The minimum atomic E-state index is -0.553. The highest BCUT2D eigenvalue weighted by Gasteiger charge is 2.30. The van der Waals surface area contributed by atoms with Gasteiger partial charge in [0.15, 0.2) is 0 Å². The summed E-state index contributed by atoms with van der Waals surface area (Å²) in [6.07, 6.45) is 0.746. The second kappa shape index (κ2) is 5.30. The zero-order valence-corrected chi connectivity index (χ0v) is 12.7. The van der Waals surface area contributed by atoms with Crippen LogP contribution in [0.3, 0.4) is 0 Å². The van der Waals surface area contributed by atoms with Crippen LogP contribution in [0.5, 0.6) is 0 Å². The van der Waals surface area contributed by atoms with E-state index in [1.807, 2.05) is 32.0 Å². The Balaban J connectivity index is 2.44. The third kappa shape index (κ3) is 2.50. The Bertz CT molecular complexity index is 579. The van der Waals surface area contributed by atoms with Crippen LogP contribution in [-0.2, 0) is 10.3 Å². The number of nitrogen functional groups attached to an aromatic ring is 1. The second-order valence-corrected chi connectivity index (χ2v) is 5.27. The lowest BCUT2D eigenvalue weighted by Gasteiger charge is -2.21. The van der Waals surface area contributed by atoms with E-state index in [0.717, 1.165) is 10.9 Å². The van der Waals surface area contributed by atoms with Gasteiger partial charge in [-0.05, 0) is 41.4 Å². The summed E-state index contributed by atoms with van der Waals surface area (Å²) in [4.78, 5) is 4.39. The van der Waals surface area contributed by atoms with Crippen LogP contribution in [0.15, 0.2) is 27.2 Å². The van der Waals surface area contributed by atoms with Crippen LogP contribution in [0.1, 0.15) is 26.1 Å². The summed E-state index contributed by atoms with van der Waals surface area (Å²) in [5, 5.41) is 4.00. The van der Waals surface area contributed by atoms with Crippen molar-refractivity contribution in [3.63, 3.8) is 0 Å². The number of para-hydroxylation sites is 1. The number of aromatic nitrogens is 2. The van der Waals surface area contributed by atoms with Crippen molar-refractivity contribution in [2.75, 3.05) is 12.8 Å². The summed E-state index contributed by atoms with van der Waals surface area (Å²) in [6.45, 7) is 3.93. The normalized spacial score (nSPS) is 14.3. The van der Waals surface area contributed by atoms with E-state index < -0.39 is 5.60 Å². The Morgan fingerprint density at radius 1 is 1.47 bits per heavy atom. The first-order valence-corrected chi connectivity index (χ1v) is 6.75. The van der Waals surface area contributed by atoms with Gasteiger partial charge >= 0.3 is 0 Å². The maximum Gasteiger partial charge on any atom is 0.260 e. The van der Waals surface area contributed by atoms with E-state index in [1.165, 1.54) is 0 Å². The van der Waals surface area contributed by atoms with Crippen LogP contribution in [0, 0.1) is 0 Å². The lowest BCUT2D eigenvalue weighted by Crippen LogP contribution is -2.24. The number of rotatable bonds is 4. The number of hydrogen-bond acceptors (Lipinski definition) is 5. The van der Waals surface area contributed by atoms with Crippen molar-refractivity contribution in [2.24, 2.45) is 0 Å². The fourth-order valence-electron chi connectivity index (χ4n) is 1.66. The lowest BCUT2D eigenvalue weighted by atomic mass is 10.0.